The summed E-state index contributed by atoms with van der Waals surface area (Å²) >= 11 is 0. The van der Waals surface area contributed by atoms with E-state index < -0.39 is 35.7 Å². The predicted octanol–water partition coefficient (Wildman–Crippen LogP) is 3.96. The van der Waals surface area contributed by atoms with E-state index in [1.54, 1.807) is 0 Å². The van der Waals surface area contributed by atoms with Crippen molar-refractivity contribution in [1.29, 1.82) is 0 Å². The fraction of sp³-hybridized carbons (Fsp3) is 0.625. The molecule has 0 amide bonds. The molecule has 0 bridgehead atoms. The van der Waals surface area contributed by atoms with Gasteiger partial charge in [-0.15, -0.1) is 0 Å². The minimum atomic E-state index is -4.53. The molecule has 1 aromatic carbocycles. The maximum atomic E-state index is 13.6. The Balaban J connectivity index is 2.54. The molecular formula is C16H21BF4O2. The maximum absolute atomic E-state index is 13.6. The molecule has 128 valence electrons. The summed E-state index contributed by atoms with van der Waals surface area (Å²) in [6.45, 7) is 9.29. The van der Waals surface area contributed by atoms with Gasteiger partial charge in [-0.2, -0.15) is 13.2 Å². The van der Waals surface area contributed by atoms with E-state index in [0.717, 1.165) is 26.0 Å². The zero-order valence-electron chi connectivity index (χ0n) is 14.1. The number of benzene rings is 1. The van der Waals surface area contributed by atoms with Gasteiger partial charge in [0.1, 0.15) is 5.82 Å². The SMILES string of the molecule is CC1(C)OB(c2ccc(F)cc2C(C)(C)C(F)(F)F)OC1(C)C. The van der Waals surface area contributed by atoms with Gasteiger partial charge >= 0.3 is 13.3 Å². The summed E-state index contributed by atoms with van der Waals surface area (Å²) in [4.78, 5) is 0. The lowest BCUT2D eigenvalue weighted by atomic mass is 9.68. The van der Waals surface area contributed by atoms with Crippen LogP contribution in [0.5, 0.6) is 0 Å². The first-order valence-electron chi connectivity index (χ1n) is 7.41. The molecular weight excluding hydrogens is 311 g/mol. The van der Waals surface area contributed by atoms with Gasteiger partial charge in [-0.25, -0.2) is 4.39 Å². The third-order valence-corrected chi connectivity index (χ3v) is 4.90. The first-order valence-corrected chi connectivity index (χ1v) is 7.41. The number of rotatable bonds is 2. The van der Waals surface area contributed by atoms with Crippen molar-refractivity contribution in [1.82, 2.24) is 0 Å². The van der Waals surface area contributed by atoms with Crippen LogP contribution in [0.25, 0.3) is 0 Å². The summed E-state index contributed by atoms with van der Waals surface area (Å²) < 4.78 is 65.5. The summed E-state index contributed by atoms with van der Waals surface area (Å²) in [5, 5.41) is 0. The molecule has 0 aliphatic carbocycles. The van der Waals surface area contributed by atoms with Crippen molar-refractivity contribution < 1.29 is 26.9 Å². The van der Waals surface area contributed by atoms with Crippen molar-refractivity contribution in [2.75, 3.05) is 0 Å². The molecule has 0 aromatic heterocycles. The van der Waals surface area contributed by atoms with Crippen LogP contribution in [0.3, 0.4) is 0 Å². The van der Waals surface area contributed by atoms with Crippen molar-refractivity contribution in [3.05, 3.63) is 29.6 Å². The second kappa shape index (κ2) is 5.21. The Labute approximate surface area is 134 Å². The summed E-state index contributed by atoms with van der Waals surface area (Å²) in [6, 6.07) is 3.34. The molecule has 23 heavy (non-hydrogen) atoms. The maximum Gasteiger partial charge on any atom is 0.495 e. The molecule has 7 heteroatoms. The van der Waals surface area contributed by atoms with Crippen LogP contribution in [-0.4, -0.2) is 24.5 Å². The Morgan fingerprint density at radius 2 is 1.43 bits per heavy atom. The minimum absolute atomic E-state index is 0.177. The molecule has 1 fully saturated rings. The topological polar surface area (TPSA) is 18.5 Å². The molecule has 1 aliphatic rings. The highest BCUT2D eigenvalue weighted by molar-refractivity contribution is 6.62. The molecule has 2 nitrogen and oxygen atoms in total. The third kappa shape index (κ3) is 3.01. The highest BCUT2D eigenvalue weighted by Crippen LogP contribution is 2.42. The van der Waals surface area contributed by atoms with Crippen molar-refractivity contribution >= 4 is 12.6 Å². The van der Waals surface area contributed by atoms with Gasteiger partial charge in [0.15, 0.2) is 0 Å². The van der Waals surface area contributed by atoms with E-state index in [1.165, 1.54) is 6.07 Å². The van der Waals surface area contributed by atoms with Crippen LogP contribution in [0.4, 0.5) is 17.6 Å². The molecule has 1 aliphatic heterocycles. The van der Waals surface area contributed by atoms with E-state index in [2.05, 4.69) is 0 Å². The quantitative estimate of drug-likeness (QED) is 0.603. The Morgan fingerprint density at radius 1 is 0.957 bits per heavy atom. The van der Waals surface area contributed by atoms with Gasteiger partial charge < -0.3 is 9.31 Å². The standard InChI is InChI=1S/C16H21BF4O2/c1-13(2,16(19,20)21)11-9-10(18)7-8-12(11)17-22-14(3,4)15(5,6)23-17/h7-9H,1-6H3. The second-order valence-electron chi connectivity index (χ2n) is 7.44. The first kappa shape index (κ1) is 18.3. The Kier molecular flexibility index (Phi) is 4.14. The molecule has 1 aromatic rings. The number of hydrogen-bond acceptors (Lipinski definition) is 2. The van der Waals surface area contributed by atoms with Gasteiger partial charge in [-0.1, -0.05) is 6.07 Å². The van der Waals surface area contributed by atoms with Gasteiger partial charge in [-0.05, 0) is 64.7 Å². The highest BCUT2D eigenvalue weighted by atomic mass is 19.4. The van der Waals surface area contributed by atoms with Crippen molar-refractivity contribution in [3.8, 4) is 0 Å². The van der Waals surface area contributed by atoms with Gasteiger partial charge in [0, 0.05) is 0 Å². The normalized spacial score (nSPS) is 20.9. The Hall–Kier alpha value is -1.08. The lowest BCUT2D eigenvalue weighted by molar-refractivity contribution is -0.180. The third-order valence-electron chi connectivity index (χ3n) is 4.90. The van der Waals surface area contributed by atoms with Crippen LogP contribution in [0.15, 0.2) is 18.2 Å². The summed E-state index contributed by atoms with van der Waals surface area (Å²) in [5.41, 5.74) is -3.58. The average molecular weight is 332 g/mol. The zero-order valence-corrected chi connectivity index (χ0v) is 14.1. The van der Waals surface area contributed by atoms with Gasteiger partial charge in [0.2, 0.25) is 0 Å². The van der Waals surface area contributed by atoms with Crippen molar-refractivity contribution in [2.24, 2.45) is 0 Å². The van der Waals surface area contributed by atoms with E-state index in [9.17, 15) is 17.6 Å². The van der Waals surface area contributed by atoms with Gasteiger partial charge in [-0.3, -0.25) is 0 Å². The van der Waals surface area contributed by atoms with Crippen LogP contribution in [0.1, 0.15) is 47.1 Å². The number of hydrogen-bond donors (Lipinski definition) is 0. The Bertz CT molecular complexity index is 593. The molecule has 0 spiro atoms. The largest absolute Gasteiger partial charge is 0.495 e. The Morgan fingerprint density at radius 3 is 1.87 bits per heavy atom. The average Bonchev–Trinajstić information content (AvgIpc) is 2.56. The zero-order chi connectivity index (χ0) is 17.8. The monoisotopic (exact) mass is 332 g/mol. The van der Waals surface area contributed by atoms with Crippen molar-refractivity contribution in [2.45, 2.75) is 64.3 Å². The van der Waals surface area contributed by atoms with E-state index in [0.29, 0.717) is 0 Å². The van der Waals surface area contributed by atoms with Crippen LogP contribution < -0.4 is 5.46 Å². The molecule has 0 saturated carbocycles. The summed E-state index contributed by atoms with van der Waals surface area (Å²) in [5.74, 6) is -0.724. The van der Waals surface area contributed by atoms with Crippen molar-refractivity contribution in [3.63, 3.8) is 0 Å². The van der Waals surface area contributed by atoms with E-state index in [4.69, 9.17) is 9.31 Å². The van der Waals surface area contributed by atoms with Crippen LogP contribution in [0, 0.1) is 5.82 Å². The van der Waals surface area contributed by atoms with E-state index in [-0.39, 0.29) is 11.0 Å². The first-order chi connectivity index (χ1) is 10.2. The molecule has 0 unspecified atom stereocenters. The second-order valence-corrected chi connectivity index (χ2v) is 7.44. The minimum Gasteiger partial charge on any atom is -0.399 e. The lowest BCUT2D eigenvalue weighted by Crippen LogP contribution is -2.46. The van der Waals surface area contributed by atoms with Gasteiger partial charge in [0.05, 0.1) is 16.6 Å². The smallest absolute Gasteiger partial charge is 0.399 e. The van der Waals surface area contributed by atoms with E-state index in [1.807, 2.05) is 27.7 Å². The molecule has 0 N–H and O–H groups in total. The number of halogens is 4. The number of alkyl halides is 3. The highest BCUT2D eigenvalue weighted by Gasteiger charge is 2.55. The van der Waals surface area contributed by atoms with Gasteiger partial charge in [0.25, 0.3) is 0 Å². The summed E-state index contributed by atoms with van der Waals surface area (Å²) in [7, 11) is -0.975. The van der Waals surface area contributed by atoms with E-state index >= 15 is 0 Å². The van der Waals surface area contributed by atoms with Crippen LogP contribution >= 0.6 is 0 Å². The molecule has 0 radical (unpaired) electrons. The molecule has 2 rings (SSSR count). The molecule has 1 saturated heterocycles. The van der Waals surface area contributed by atoms with Crippen LogP contribution in [-0.2, 0) is 14.7 Å². The molecule has 1 heterocycles. The molecule has 0 atom stereocenters. The fourth-order valence-electron chi connectivity index (χ4n) is 2.40. The lowest BCUT2D eigenvalue weighted by Gasteiger charge is -2.32. The van der Waals surface area contributed by atoms with Crippen LogP contribution in [0.2, 0.25) is 0 Å². The summed E-state index contributed by atoms with van der Waals surface area (Å²) in [6.07, 6.45) is -4.53. The predicted molar refractivity (Wildman–Crippen MR) is 81.2 cm³/mol. The fourth-order valence-corrected chi connectivity index (χ4v) is 2.40.